The maximum absolute atomic E-state index is 5.91. The zero-order chi connectivity index (χ0) is 10.2. The Labute approximate surface area is 93.6 Å². The lowest BCUT2D eigenvalue weighted by Gasteiger charge is -2.48. The van der Waals surface area contributed by atoms with E-state index in [1.165, 1.54) is 0 Å². The van der Waals surface area contributed by atoms with Gasteiger partial charge in [0, 0.05) is 10.2 Å². The molecule has 0 radical (unpaired) electrons. The van der Waals surface area contributed by atoms with Crippen LogP contribution in [0.3, 0.4) is 0 Å². The van der Waals surface area contributed by atoms with Gasteiger partial charge in [0.15, 0.2) is 0 Å². The molecule has 1 saturated carbocycles. The van der Waals surface area contributed by atoms with Gasteiger partial charge in [-0.3, -0.25) is 0 Å². The lowest BCUT2D eigenvalue weighted by Crippen LogP contribution is -2.53. The van der Waals surface area contributed by atoms with E-state index in [4.69, 9.17) is 4.74 Å². The highest BCUT2D eigenvalue weighted by Crippen LogP contribution is 2.47. The lowest BCUT2D eigenvalue weighted by molar-refractivity contribution is -0.00779. The fourth-order valence-corrected chi connectivity index (χ4v) is 2.33. The highest BCUT2D eigenvalue weighted by molar-refractivity contribution is 9.09. The number of ether oxygens (including phenoxy) is 1. The third-order valence-electron chi connectivity index (χ3n) is 3.08. The maximum Gasteiger partial charge on any atom is 0.119 e. The van der Waals surface area contributed by atoms with Crippen LogP contribution in [0.2, 0.25) is 0 Å². The van der Waals surface area contributed by atoms with E-state index >= 15 is 0 Å². The minimum Gasteiger partial charge on any atom is -0.490 e. The molecule has 2 unspecified atom stereocenters. The molecule has 0 saturated heterocycles. The molecule has 1 nitrogen and oxygen atoms in total. The lowest BCUT2D eigenvalue weighted by atomic mass is 9.69. The van der Waals surface area contributed by atoms with Gasteiger partial charge in [0.25, 0.3) is 0 Å². The van der Waals surface area contributed by atoms with Crippen LogP contribution in [0.5, 0.6) is 5.75 Å². The number of hydrogen-bond donors (Lipinski definition) is 0. The molecule has 0 heterocycles. The third kappa shape index (κ3) is 1.68. The summed E-state index contributed by atoms with van der Waals surface area (Å²) < 4.78 is 5.91. The summed E-state index contributed by atoms with van der Waals surface area (Å²) in [4.78, 5) is 0.587. The molecule has 2 atom stereocenters. The first-order chi connectivity index (χ1) is 6.60. The van der Waals surface area contributed by atoms with E-state index < -0.39 is 0 Å². The molecule has 1 aromatic rings. The average molecular weight is 255 g/mol. The molecular formula is C12H15BrO. The predicted octanol–water partition coefficient (Wildman–Crippen LogP) is 3.63. The molecule has 14 heavy (non-hydrogen) atoms. The number of alkyl halides is 1. The van der Waals surface area contributed by atoms with Crippen LogP contribution in [-0.4, -0.2) is 10.9 Å². The molecule has 76 valence electrons. The Morgan fingerprint density at radius 1 is 1.29 bits per heavy atom. The molecule has 1 fully saturated rings. The fraction of sp³-hybridized carbons (Fsp3) is 0.500. The van der Waals surface area contributed by atoms with Gasteiger partial charge in [0.2, 0.25) is 0 Å². The van der Waals surface area contributed by atoms with E-state index in [9.17, 15) is 0 Å². The van der Waals surface area contributed by atoms with E-state index in [1.54, 1.807) is 0 Å². The summed E-state index contributed by atoms with van der Waals surface area (Å²) in [6, 6.07) is 10.0. The summed E-state index contributed by atoms with van der Waals surface area (Å²) in [6.45, 7) is 4.48. The first kappa shape index (κ1) is 10.0. The van der Waals surface area contributed by atoms with Crippen LogP contribution < -0.4 is 4.74 Å². The van der Waals surface area contributed by atoms with Crippen LogP contribution in [0, 0.1) is 5.41 Å². The summed E-state index contributed by atoms with van der Waals surface area (Å²) in [5.41, 5.74) is 0.246. The first-order valence-corrected chi connectivity index (χ1v) is 5.88. The van der Waals surface area contributed by atoms with E-state index in [-0.39, 0.29) is 5.41 Å². The normalized spacial score (nSPS) is 29.4. The van der Waals surface area contributed by atoms with Crippen molar-refractivity contribution in [3.63, 3.8) is 0 Å². The minimum absolute atomic E-state index is 0.246. The second-order valence-corrected chi connectivity index (χ2v) is 5.55. The molecule has 0 N–H and O–H groups in total. The molecule has 2 rings (SSSR count). The van der Waals surface area contributed by atoms with Gasteiger partial charge in [-0.15, -0.1) is 0 Å². The van der Waals surface area contributed by atoms with E-state index in [1.807, 2.05) is 30.3 Å². The SMILES string of the molecule is CC1(C)C(Br)CC1Oc1ccccc1. The van der Waals surface area contributed by atoms with Crippen molar-refractivity contribution >= 4 is 15.9 Å². The Morgan fingerprint density at radius 3 is 2.43 bits per heavy atom. The molecule has 0 aromatic heterocycles. The number of para-hydroxylation sites is 1. The van der Waals surface area contributed by atoms with Crippen molar-refractivity contribution in [1.82, 2.24) is 0 Å². The quantitative estimate of drug-likeness (QED) is 0.733. The Bertz CT molecular complexity index is 307. The van der Waals surface area contributed by atoms with Crippen molar-refractivity contribution in [2.45, 2.75) is 31.2 Å². The Morgan fingerprint density at radius 2 is 1.93 bits per heavy atom. The molecule has 1 aliphatic rings. The van der Waals surface area contributed by atoms with E-state index in [2.05, 4.69) is 29.8 Å². The topological polar surface area (TPSA) is 9.23 Å². The molecular weight excluding hydrogens is 240 g/mol. The van der Waals surface area contributed by atoms with Crippen molar-refractivity contribution in [1.29, 1.82) is 0 Å². The zero-order valence-corrected chi connectivity index (χ0v) is 10.1. The highest BCUT2D eigenvalue weighted by Gasteiger charge is 2.48. The van der Waals surface area contributed by atoms with Crippen LogP contribution in [0.25, 0.3) is 0 Å². The summed E-state index contributed by atoms with van der Waals surface area (Å²) >= 11 is 3.66. The van der Waals surface area contributed by atoms with Crippen LogP contribution >= 0.6 is 15.9 Å². The molecule has 1 aliphatic carbocycles. The van der Waals surface area contributed by atoms with Gasteiger partial charge >= 0.3 is 0 Å². The molecule has 1 aromatic carbocycles. The first-order valence-electron chi connectivity index (χ1n) is 4.96. The summed E-state index contributed by atoms with van der Waals surface area (Å²) in [6.07, 6.45) is 1.44. The zero-order valence-electron chi connectivity index (χ0n) is 8.53. The third-order valence-corrected chi connectivity index (χ3v) is 4.63. The largest absolute Gasteiger partial charge is 0.490 e. The second-order valence-electron chi connectivity index (χ2n) is 4.44. The molecule has 0 amide bonds. The van der Waals surface area contributed by atoms with Crippen LogP contribution in [0.1, 0.15) is 20.3 Å². The molecule has 2 heteroatoms. The molecule has 0 spiro atoms. The monoisotopic (exact) mass is 254 g/mol. The standard InChI is InChI=1S/C12H15BrO/c1-12(2)10(13)8-11(12)14-9-6-4-3-5-7-9/h3-7,10-11H,8H2,1-2H3. The van der Waals surface area contributed by atoms with Gasteiger partial charge < -0.3 is 4.74 Å². The van der Waals surface area contributed by atoms with E-state index in [0.717, 1.165) is 12.2 Å². The fourth-order valence-electron chi connectivity index (χ4n) is 1.70. The van der Waals surface area contributed by atoms with Gasteiger partial charge in [-0.25, -0.2) is 0 Å². The smallest absolute Gasteiger partial charge is 0.119 e. The van der Waals surface area contributed by atoms with Gasteiger partial charge in [0.1, 0.15) is 11.9 Å². The van der Waals surface area contributed by atoms with E-state index in [0.29, 0.717) is 10.9 Å². The van der Waals surface area contributed by atoms with Crippen molar-refractivity contribution in [3.05, 3.63) is 30.3 Å². The summed E-state index contributed by atoms with van der Waals surface area (Å²) in [7, 11) is 0. The molecule has 0 bridgehead atoms. The number of hydrogen-bond acceptors (Lipinski definition) is 1. The second kappa shape index (κ2) is 3.58. The van der Waals surface area contributed by atoms with Crippen molar-refractivity contribution < 1.29 is 4.74 Å². The van der Waals surface area contributed by atoms with Gasteiger partial charge in [-0.05, 0) is 18.6 Å². The molecule has 0 aliphatic heterocycles. The Kier molecular flexibility index (Phi) is 2.56. The van der Waals surface area contributed by atoms with Crippen LogP contribution in [0.4, 0.5) is 0 Å². The van der Waals surface area contributed by atoms with Gasteiger partial charge in [-0.2, -0.15) is 0 Å². The predicted molar refractivity (Wildman–Crippen MR) is 62.0 cm³/mol. The average Bonchev–Trinajstić information content (AvgIpc) is 2.19. The summed E-state index contributed by atoms with van der Waals surface area (Å²) in [5.74, 6) is 0.977. The van der Waals surface area contributed by atoms with Crippen molar-refractivity contribution in [2.75, 3.05) is 0 Å². The number of benzene rings is 1. The van der Waals surface area contributed by atoms with Crippen molar-refractivity contribution in [3.8, 4) is 5.75 Å². The highest BCUT2D eigenvalue weighted by atomic mass is 79.9. The van der Waals surface area contributed by atoms with Crippen molar-refractivity contribution in [2.24, 2.45) is 5.41 Å². The summed E-state index contributed by atoms with van der Waals surface area (Å²) in [5, 5.41) is 0. The Balaban J connectivity index is 2.01. The van der Waals surface area contributed by atoms with Crippen LogP contribution in [0.15, 0.2) is 30.3 Å². The van der Waals surface area contributed by atoms with Gasteiger partial charge in [-0.1, -0.05) is 48.0 Å². The Hall–Kier alpha value is -0.500. The number of rotatable bonds is 2. The van der Waals surface area contributed by atoms with Crippen LogP contribution in [-0.2, 0) is 0 Å². The maximum atomic E-state index is 5.91. The minimum atomic E-state index is 0.246. The number of halogens is 1. The van der Waals surface area contributed by atoms with Gasteiger partial charge in [0.05, 0.1) is 0 Å².